The zero-order valence-corrected chi connectivity index (χ0v) is 6.80. The summed E-state index contributed by atoms with van der Waals surface area (Å²) in [5, 5.41) is 4.27. The summed E-state index contributed by atoms with van der Waals surface area (Å²) < 4.78 is 0. The van der Waals surface area contributed by atoms with Gasteiger partial charge in [-0.15, -0.1) is 0 Å². The van der Waals surface area contributed by atoms with Crippen LogP contribution in [0.4, 0.5) is 0 Å². The van der Waals surface area contributed by atoms with E-state index in [1.54, 1.807) is 0 Å². The summed E-state index contributed by atoms with van der Waals surface area (Å²) in [7, 11) is 0. The van der Waals surface area contributed by atoms with Crippen LogP contribution in [0.15, 0.2) is 29.4 Å². The van der Waals surface area contributed by atoms with Crippen LogP contribution in [0, 0.1) is 0 Å². The van der Waals surface area contributed by atoms with Gasteiger partial charge in [0.15, 0.2) is 0 Å². The van der Waals surface area contributed by atoms with Gasteiger partial charge in [-0.3, -0.25) is 0 Å². The first-order valence-electron chi connectivity index (χ1n) is 3.26. The number of rotatable bonds is 3. The second kappa shape index (κ2) is 3.98. The highest BCUT2D eigenvalue weighted by Crippen LogP contribution is 2.08. The monoisotopic (exact) mass is 168 g/mol. The number of hydrazone groups is 1. The van der Waals surface area contributed by atoms with Gasteiger partial charge in [-0.2, -0.15) is 5.10 Å². The van der Waals surface area contributed by atoms with Crippen LogP contribution in [0.25, 0.3) is 0 Å². The fourth-order valence-electron chi connectivity index (χ4n) is 0.749. The third kappa shape index (κ3) is 2.60. The molecule has 0 aliphatic heterocycles. The minimum Gasteiger partial charge on any atom is -0.306 e. The van der Waals surface area contributed by atoms with E-state index in [9.17, 15) is 0 Å². The molecule has 1 N–H and O–H groups in total. The molecule has 1 aromatic rings. The van der Waals surface area contributed by atoms with Crippen molar-refractivity contribution in [3.63, 3.8) is 0 Å². The second-order valence-electron chi connectivity index (χ2n) is 2.12. The molecule has 0 atom stereocenters. The Hall–Kier alpha value is -1.02. The summed E-state index contributed by atoms with van der Waals surface area (Å²) in [6, 6.07) is 7.59. The van der Waals surface area contributed by atoms with Crippen LogP contribution in [0.1, 0.15) is 5.56 Å². The molecular formula is C8H9ClN2. The van der Waals surface area contributed by atoms with E-state index in [1.165, 1.54) is 0 Å². The van der Waals surface area contributed by atoms with Gasteiger partial charge in [0, 0.05) is 11.7 Å². The Kier molecular flexibility index (Phi) is 2.93. The van der Waals surface area contributed by atoms with Crippen molar-refractivity contribution in [1.29, 1.82) is 0 Å². The average Bonchev–Trinajstić information content (AvgIpc) is 2.04. The van der Waals surface area contributed by atoms with Gasteiger partial charge in [0.1, 0.15) is 0 Å². The van der Waals surface area contributed by atoms with Crippen LogP contribution in [-0.2, 0) is 6.54 Å². The van der Waals surface area contributed by atoms with Crippen LogP contribution in [-0.4, -0.2) is 6.72 Å². The van der Waals surface area contributed by atoms with E-state index >= 15 is 0 Å². The minimum atomic E-state index is 0.695. The van der Waals surface area contributed by atoms with E-state index < -0.39 is 0 Å². The molecule has 0 aliphatic carbocycles. The fourth-order valence-corrected chi connectivity index (χ4v) is 0.875. The molecule has 0 radical (unpaired) electrons. The summed E-state index contributed by atoms with van der Waals surface area (Å²) in [4.78, 5) is 0. The summed E-state index contributed by atoms with van der Waals surface area (Å²) in [5.74, 6) is 0. The van der Waals surface area contributed by atoms with Crippen LogP contribution in [0.5, 0.6) is 0 Å². The largest absolute Gasteiger partial charge is 0.306 e. The predicted molar refractivity (Wildman–Crippen MR) is 47.8 cm³/mol. The SMILES string of the molecule is C=NNCc1ccc(Cl)cc1. The zero-order chi connectivity index (χ0) is 8.10. The Morgan fingerprint density at radius 2 is 2.00 bits per heavy atom. The molecule has 11 heavy (non-hydrogen) atoms. The molecule has 0 spiro atoms. The standard InChI is InChI=1S/C8H9ClN2/c1-10-11-6-7-2-4-8(9)5-3-7/h2-5,11H,1,6H2. The van der Waals surface area contributed by atoms with Crippen molar-refractivity contribution in [1.82, 2.24) is 5.43 Å². The molecule has 0 amide bonds. The van der Waals surface area contributed by atoms with Crippen LogP contribution >= 0.6 is 11.6 Å². The second-order valence-corrected chi connectivity index (χ2v) is 2.56. The van der Waals surface area contributed by atoms with Crippen molar-refractivity contribution in [2.75, 3.05) is 0 Å². The van der Waals surface area contributed by atoms with E-state index in [-0.39, 0.29) is 0 Å². The Morgan fingerprint density at radius 1 is 1.36 bits per heavy atom. The van der Waals surface area contributed by atoms with Crippen molar-refractivity contribution in [2.45, 2.75) is 6.54 Å². The Morgan fingerprint density at radius 3 is 2.55 bits per heavy atom. The third-order valence-electron chi connectivity index (χ3n) is 1.31. The van der Waals surface area contributed by atoms with Crippen molar-refractivity contribution >= 4 is 18.3 Å². The lowest BCUT2D eigenvalue weighted by Gasteiger charge is -1.98. The molecule has 0 saturated heterocycles. The van der Waals surface area contributed by atoms with Gasteiger partial charge < -0.3 is 5.43 Å². The lowest BCUT2D eigenvalue weighted by molar-refractivity contribution is 0.751. The van der Waals surface area contributed by atoms with Crippen molar-refractivity contribution in [2.24, 2.45) is 5.10 Å². The quantitative estimate of drug-likeness (QED) is 0.542. The lowest BCUT2D eigenvalue weighted by Crippen LogP contribution is -2.02. The molecule has 0 aromatic heterocycles. The maximum atomic E-state index is 5.69. The first-order valence-corrected chi connectivity index (χ1v) is 3.64. The Balaban J connectivity index is 2.58. The van der Waals surface area contributed by atoms with Gasteiger partial charge in [-0.05, 0) is 17.7 Å². The van der Waals surface area contributed by atoms with Crippen LogP contribution in [0.3, 0.4) is 0 Å². The average molecular weight is 169 g/mol. The maximum absolute atomic E-state index is 5.69. The van der Waals surface area contributed by atoms with E-state index in [0.717, 1.165) is 10.6 Å². The Labute approximate surface area is 70.9 Å². The number of nitrogens with one attached hydrogen (secondary N) is 1. The van der Waals surface area contributed by atoms with Gasteiger partial charge in [-0.25, -0.2) is 0 Å². The molecular weight excluding hydrogens is 160 g/mol. The molecule has 0 unspecified atom stereocenters. The predicted octanol–water partition coefficient (Wildman–Crippen LogP) is 2.05. The van der Waals surface area contributed by atoms with E-state index in [2.05, 4.69) is 17.2 Å². The zero-order valence-electron chi connectivity index (χ0n) is 6.05. The maximum Gasteiger partial charge on any atom is 0.0579 e. The van der Waals surface area contributed by atoms with Crippen molar-refractivity contribution < 1.29 is 0 Å². The third-order valence-corrected chi connectivity index (χ3v) is 1.56. The highest BCUT2D eigenvalue weighted by atomic mass is 35.5. The molecule has 2 nitrogen and oxygen atoms in total. The fraction of sp³-hybridized carbons (Fsp3) is 0.125. The lowest BCUT2D eigenvalue weighted by atomic mass is 10.2. The summed E-state index contributed by atoms with van der Waals surface area (Å²) in [6.45, 7) is 4.00. The van der Waals surface area contributed by atoms with Gasteiger partial charge in [0.05, 0.1) is 6.54 Å². The number of halogens is 1. The van der Waals surface area contributed by atoms with Gasteiger partial charge >= 0.3 is 0 Å². The molecule has 0 saturated carbocycles. The van der Waals surface area contributed by atoms with Crippen molar-refractivity contribution in [3.05, 3.63) is 34.9 Å². The molecule has 0 fully saturated rings. The smallest absolute Gasteiger partial charge is 0.0579 e. The van der Waals surface area contributed by atoms with Gasteiger partial charge in [0.2, 0.25) is 0 Å². The highest BCUT2D eigenvalue weighted by Gasteiger charge is 1.89. The Bertz CT molecular complexity index is 230. The summed E-state index contributed by atoms with van der Waals surface area (Å²) in [5.41, 5.74) is 3.90. The van der Waals surface area contributed by atoms with E-state index in [4.69, 9.17) is 11.6 Å². The molecule has 1 rings (SSSR count). The molecule has 0 bridgehead atoms. The van der Waals surface area contributed by atoms with E-state index in [1.807, 2.05) is 24.3 Å². The normalized spacial score (nSPS) is 9.18. The summed E-state index contributed by atoms with van der Waals surface area (Å²) in [6.07, 6.45) is 0. The number of benzene rings is 1. The molecule has 0 aliphatic rings. The molecule has 1 aromatic carbocycles. The van der Waals surface area contributed by atoms with Crippen molar-refractivity contribution in [3.8, 4) is 0 Å². The van der Waals surface area contributed by atoms with E-state index in [0.29, 0.717) is 6.54 Å². The van der Waals surface area contributed by atoms with Crippen LogP contribution in [0.2, 0.25) is 5.02 Å². The number of hydrogen-bond donors (Lipinski definition) is 1. The topological polar surface area (TPSA) is 24.4 Å². The highest BCUT2D eigenvalue weighted by molar-refractivity contribution is 6.30. The van der Waals surface area contributed by atoms with Gasteiger partial charge in [-0.1, -0.05) is 23.7 Å². The van der Waals surface area contributed by atoms with Crippen LogP contribution < -0.4 is 5.43 Å². The van der Waals surface area contributed by atoms with Gasteiger partial charge in [0.25, 0.3) is 0 Å². The molecule has 3 heteroatoms. The first-order chi connectivity index (χ1) is 5.33. The minimum absolute atomic E-state index is 0.695. The number of nitrogens with zero attached hydrogens (tertiary/aromatic N) is 1. The molecule has 58 valence electrons. The number of hydrogen-bond acceptors (Lipinski definition) is 2. The first kappa shape index (κ1) is 8.08. The summed E-state index contributed by atoms with van der Waals surface area (Å²) >= 11 is 5.69. The molecule has 0 heterocycles.